The molecule has 0 radical (unpaired) electrons. The molecule has 25 heavy (non-hydrogen) atoms. The highest BCUT2D eigenvalue weighted by molar-refractivity contribution is 14.0. The van der Waals surface area contributed by atoms with E-state index in [0.717, 1.165) is 40.5 Å². The van der Waals surface area contributed by atoms with Gasteiger partial charge in [-0.2, -0.15) is 0 Å². The van der Waals surface area contributed by atoms with Crippen molar-refractivity contribution in [3.05, 3.63) is 65.0 Å². The maximum atomic E-state index is 5.38. The van der Waals surface area contributed by atoms with Crippen molar-refractivity contribution in [1.82, 2.24) is 10.6 Å². The van der Waals surface area contributed by atoms with Crippen molar-refractivity contribution in [3.63, 3.8) is 0 Å². The van der Waals surface area contributed by atoms with E-state index in [1.165, 1.54) is 0 Å². The van der Waals surface area contributed by atoms with Crippen LogP contribution in [0.3, 0.4) is 0 Å². The molecule has 7 heteroatoms. The van der Waals surface area contributed by atoms with Gasteiger partial charge in [-0.1, -0.05) is 22.0 Å². The zero-order valence-corrected chi connectivity index (χ0v) is 18.0. The third-order valence-corrected chi connectivity index (χ3v) is 3.80. The smallest absolute Gasteiger partial charge is 0.191 e. The normalized spacial score (nSPS) is 10.7. The molecule has 1 aromatic heterocycles. The molecule has 0 saturated carbocycles. The minimum absolute atomic E-state index is 0. The molecule has 0 atom stereocenters. The maximum absolute atomic E-state index is 5.38. The van der Waals surface area contributed by atoms with Crippen molar-refractivity contribution in [1.29, 1.82) is 0 Å². The van der Waals surface area contributed by atoms with Crippen molar-refractivity contribution >= 4 is 45.9 Å². The van der Waals surface area contributed by atoms with E-state index < -0.39 is 0 Å². The molecule has 0 aliphatic rings. The summed E-state index contributed by atoms with van der Waals surface area (Å²) < 4.78 is 11.7. The number of nitrogens with zero attached hydrogens (tertiary/aromatic N) is 1. The Morgan fingerprint density at radius 2 is 2.20 bits per heavy atom. The first-order valence-corrected chi connectivity index (χ1v) is 8.50. The molecule has 0 amide bonds. The predicted octanol–water partition coefficient (Wildman–Crippen LogP) is 4.13. The van der Waals surface area contributed by atoms with Gasteiger partial charge in [0.1, 0.15) is 11.5 Å². The van der Waals surface area contributed by atoms with Crippen LogP contribution >= 0.6 is 39.9 Å². The Morgan fingerprint density at radius 1 is 1.36 bits per heavy atom. The predicted molar refractivity (Wildman–Crippen MR) is 116 cm³/mol. The fourth-order valence-electron chi connectivity index (χ4n) is 2.14. The molecule has 1 heterocycles. The van der Waals surface area contributed by atoms with Gasteiger partial charge in [0.25, 0.3) is 0 Å². The topological polar surface area (TPSA) is 58.8 Å². The van der Waals surface area contributed by atoms with E-state index in [2.05, 4.69) is 38.1 Å². The van der Waals surface area contributed by atoms with Crippen LogP contribution in [0.4, 0.5) is 0 Å². The number of benzene rings is 1. The number of nitrogens with one attached hydrogen (secondary N) is 2. The summed E-state index contributed by atoms with van der Waals surface area (Å²) in [6, 6.07) is 9.73. The first kappa shape index (κ1) is 21.6. The molecular weight excluding hydrogens is 497 g/mol. The third-order valence-electron chi connectivity index (χ3n) is 3.31. The second-order valence-corrected chi connectivity index (χ2v) is 5.96. The number of hydrogen-bond acceptors (Lipinski definition) is 3. The fourth-order valence-corrected chi connectivity index (χ4v) is 2.55. The molecular formula is C18H23BrIN3O2. The number of rotatable bonds is 8. The molecule has 2 N–H and O–H groups in total. The van der Waals surface area contributed by atoms with E-state index in [0.29, 0.717) is 13.1 Å². The lowest BCUT2D eigenvalue weighted by Gasteiger charge is -2.12. The quantitative estimate of drug-likeness (QED) is 0.238. The third kappa shape index (κ3) is 7.52. The number of aliphatic imine (C=N–C) groups is 1. The number of furan rings is 1. The van der Waals surface area contributed by atoms with Gasteiger partial charge in [-0.25, -0.2) is 4.99 Å². The summed E-state index contributed by atoms with van der Waals surface area (Å²) in [7, 11) is 1.66. The number of halogens is 2. The highest BCUT2D eigenvalue weighted by atomic mass is 127. The van der Waals surface area contributed by atoms with Crippen LogP contribution in [0.25, 0.3) is 0 Å². The van der Waals surface area contributed by atoms with E-state index in [-0.39, 0.29) is 24.0 Å². The van der Waals surface area contributed by atoms with Crippen LogP contribution in [-0.2, 0) is 13.0 Å². The second-order valence-electron chi connectivity index (χ2n) is 5.05. The van der Waals surface area contributed by atoms with Crippen LogP contribution in [0, 0.1) is 0 Å². The minimum Gasteiger partial charge on any atom is -0.496 e. The number of methoxy groups -OCH3 is 1. The maximum Gasteiger partial charge on any atom is 0.191 e. The highest BCUT2D eigenvalue weighted by Crippen LogP contribution is 2.23. The largest absolute Gasteiger partial charge is 0.496 e. The van der Waals surface area contributed by atoms with Crippen LogP contribution in [0.15, 0.2) is 63.1 Å². The van der Waals surface area contributed by atoms with E-state index >= 15 is 0 Å². The lowest BCUT2D eigenvalue weighted by Crippen LogP contribution is -2.38. The molecule has 5 nitrogen and oxygen atoms in total. The highest BCUT2D eigenvalue weighted by Gasteiger charge is 2.05. The molecule has 2 aromatic rings. The molecule has 0 fully saturated rings. The first-order chi connectivity index (χ1) is 11.7. The van der Waals surface area contributed by atoms with Gasteiger partial charge >= 0.3 is 0 Å². The molecule has 0 bridgehead atoms. The summed E-state index contributed by atoms with van der Waals surface area (Å²) in [6.07, 6.45) is 4.27. The van der Waals surface area contributed by atoms with E-state index in [1.54, 1.807) is 19.4 Å². The van der Waals surface area contributed by atoms with Gasteiger partial charge in [-0.3, -0.25) is 0 Å². The van der Waals surface area contributed by atoms with Gasteiger partial charge in [0.05, 0.1) is 19.9 Å². The van der Waals surface area contributed by atoms with Crippen LogP contribution in [0.1, 0.15) is 11.3 Å². The summed E-state index contributed by atoms with van der Waals surface area (Å²) in [5, 5.41) is 6.50. The van der Waals surface area contributed by atoms with E-state index in [1.807, 2.05) is 30.3 Å². The molecule has 0 aliphatic heterocycles. The second kappa shape index (κ2) is 12.0. The molecule has 2 rings (SSSR count). The SMILES string of the molecule is C=CCNC(=NCc1cc(Br)ccc1OC)NCCc1ccco1.I. The van der Waals surface area contributed by atoms with Crippen molar-refractivity contribution in [2.75, 3.05) is 20.2 Å². The lowest BCUT2D eigenvalue weighted by atomic mass is 10.2. The zero-order valence-electron chi connectivity index (χ0n) is 14.1. The van der Waals surface area contributed by atoms with Crippen molar-refractivity contribution < 1.29 is 9.15 Å². The lowest BCUT2D eigenvalue weighted by molar-refractivity contribution is 0.409. The number of ether oxygens (including phenoxy) is 1. The van der Waals surface area contributed by atoms with Crippen molar-refractivity contribution in [2.45, 2.75) is 13.0 Å². The molecule has 0 unspecified atom stereocenters. The standard InChI is InChI=1S/C18H22BrN3O2.HI/c1-3-9-20-18(21-10-8-16-5-4-11-24-16)22-13-14-12-15(19)6-7-17(14)23-2;/h3-7,11-12H,1,8-10,13H2,2H3,(H2,20,21,22);1H. The molecule has 0 aliphatic carbocycles. The molecule has 0 spiro atoms. The Bertz CT molecular complexity index is 675. The van der Waals surface area contributed by atoms with Crippen LogP contribution in [0.2, 0.25) is 0 Å². The average molecular weight is 520 g/mol. The Labute approximate surface area is 174 Å². The summed E-state index contributed by atoms with van der Waals surface area (Å²) in [4.78, 5) is 4.62. The Hall–Kier alpha value is -1.48. The summed E-state index contributed by atoms with van der Waals surface area (Å²) in [5.74, 6) is 2.49. The first-order valence-electron chi connectivity index (χ1n) is 7.71. The van der Waals surface area contributed by atoms with Gasteiger partial charge < -0.3 is 19.8 Å². The molecule has 0 saturated heterocycles. The zero-order chi connectivity index (χ0) is 17.2. The van der Waals surface area contributed by atoms with Crippen molar-refractivity contribution in [2.24, 2.45) is 4.99 Å². The van der Waals surface area contributed by atoms with Gasteiger partial charge in [0.2, 0.25) is 0 Å². The van der Waals surface area contributed by atoms with Crippen molar-refractivity contribution in [3.8, 4) is 5.75 Å². The summed E-state index contributed by atoms with van der Waals surface area (Å²) >= 11 is 3.48. The Kier molecular flexibility index (Phi) is 10.3. The van der Waals surface area contributed by atoms with Crippen LogP contribution in [-0.4, -0.2) is 26.2 Å². The average Bonchev–Trinajstić information content (AvgIpc) is 3.10. The summed E-state index contributed by atoms with van der Waals surface area (Å²) in [5.41, 5.74) is 1.01. The van der Waals surface area contributed by atoms with Gasteiger partial charge in [0.15, 0.2) is 5.96 Å². The minimum atomic E-state index is 0. The number of guanidine groups is 1. The van der Waals surface area contributed by atoms with Crippen LogP contribution < -0.4 is 15.4 Å². The molecule has 1 aromatic carbocycles. The van der Waals surface area contributed by atoms with Gasteiger partial charge in [-0.15, -0.1) is 30.6 Å². The van der Waals surface area contributed by atoms with Crippen LogP contribution in [0.5, 0.6) is 5.75 Å². The number of hydrogen-bond donors (Lipinski definition) is 2. The van der Waals surface area contributed by atoms with Gasteiger partial charge in [-0.05, 0) is 30.3 Å². The monoisotopic (exact) mass is 519 g/mol. The summed E-state index contributed by atoms with van der Waals surface area (Å²) in [6.45, 7) is 5.60. The Morgan fingerprint density at radius 3 is 2.88 bits per heavy atom. The Balaban J connectivity index is 0.00000312. The van der Waals surface area contributed by atoms with Gasteiger partial charge in [0, 0.05) is 29.5 Å². The van der Waals surface area contributed by atoms with E-state index in [9.17, 15) is 0 Å². The fraction of sp³-hybridized carbons (Fsp3) is 0.278. The van der Waals surface area contributed by atoms with E-state index in [4.69, 9.17) is 9.15 Å². The molecule has 136 valence electrons.